The van der Waals surface area contributed by atoms with Crippen LogP contribution < -0.4 is 0 Å². The predicted molar refractivity (Wildman–Crippen MR) is 72.6 cm³/mol. The lowest BCUT2D eigenvalue weighted by atomic mass is 10.2. The highest BCUT2D eigenvalue weighted by molar-refractivity contribution is 7.90. The minimum atomic E-state index is -3.45. The Hall–Kier alpha value is -1.03. The van der Waals surface area contributed by atoms with Gasteiger partial charge in [0.15, 0.2) is 9.84 Å². The molecule has 0 unspecified atom stereocenters. The minimum Gasteiger partial charge on any atom is -0.223 e. The van der Waals surface area contributed by atoms with Gasteiger partial charge in [-0.05, 0) is 30.3 Å². The van der Waals surface area contributed by atoms with Crippen LogP contribution in [0.4, 0.5) is 0 Å². The van der Waals surface area contributed by atoms with Crippen LogP contribution in [-0.2, 0) is 15.6 Å². The third kappa shape index (κ3) is 2.86. The van der Waals surface area contributed by atoms with Crippen molar-refractivity contribution >= 4 is 33.0 Å². The average Bonchev–Trinajstić information content (AvgIpc) is 2.35. The van der Waals surface area contributed by atoms with Crippen LogP contribution >= 0.6 is 23.2 Å². The lowest BCUT2D eigenvalue weighted by Gasteiger charge is -2.08. The third-order valence-corrected chi connectivity index (χ3v) is 4.81. The van der Waals surface area contributed by atoms with Crippen molar-refractivity contribution in [1.82, 2.24) is 0 Å². The highest BCUT2D eigenvalue weighted by Crippen LogP contribution is 2.28. The van der Waals surface area contributed by atoms with E-state index >= 15 is 0 Å². The molecule has 0 aliphatic rings. The van der Waals surface area contributed by atoms with Crippen LogP contribution in [0.2, 0.25) is 10.0 Å². The van der Waals surface area contributed by atoms with Crippen molar-refractivity contribution in [3.8, 4) is 0 Å². The molecule has 2 nitrogen and oxygen atoms in total. The highest BCUT2D eigenvalue weighted by atomic mass is 35.5. The van der Waals surface area contributed by atoms with Crippen LogP contribution in [0.15, 0.2) is 47.4 Å². The topological polar surface area (TPSA) is 34.1 Å². The Labute approximate surface area is 116 Å². The van der Waals surface area contributed by atoms with Crippen molar-refractivity contribution in [2.75, 3.05) is 0 Å². The maximum atomic E-state index is 12.2. The van der Waals surface area contributed by atoms with Crippen LogP contribution in [0.1, 0.15) is 5.56 Å². The molecule has 0 fully saturated rings. The fourth-order valence-electron chi connectivity index (χ4n) is 1.52. The SMILES string of the molecule is O=S(=O)(Cc1c(Cl)cccc1Cl)c1cc[c]cc1. The zero-order valence-electron chi connectivity index (χ0n) is 9.23. The molecule has 0 heterocycles. The van der Waals surface area contributed by atoms with E-state index < -0.39 is 9.84 Å². The van der Waals surface area contributed by atoms with E-state index in [0.29, 0.717) is 15.6 Å². The molecule has 2 aromatic rings. The maximum absolute atomic E-state index is 12.2. The largest absolute Gasteiger partial charge is 0.223 e. The molecule has 2 rings (SSSR count). The summed E-state index contributed by atoms with van der Waals surface area (Å²) in [6.07, 6.45) is 0. The van der Waals surface area contributed by atoms with Gasteiger partial charge in [0.1, 0.15) is 0 Å². The molecule has 0 spiro atoms. The maximum Gasteiger partial charge on any atom is 0.182 e. The van der Waals surface area contributed by atoms with Gasteiger partial charge < -0.3 is 0 Å². The molecule has 0 aliphatic heterocycles. The zero-order chi connectivity index (χ0) is 13.2. The molecule has 0 saturated carbocycles. The Balaban J connectivity index is 2.41. The average molecular weight is 300 g/mol. The number of rotatable bonds is 3. The van der Waals surface area contributed by atoms with Gasteiger partial charge in [-0.2, -0.15) is 0 Å². The fourth-order valence-corrected chi connectivity index (χ4v) is 3.62. The second-order valence-electron chi connectivity index (χ2n) is 3.69. The fraction of sp³-hybridized carbons (Fsp3) is 0.0769. The van der Waals surface area contributed by atoms with Gasteiger partial charge >= 0.3 is 0 Å². The van der Waals surface area contributed by atoms with Gasteiger partial charge in [-0.1, -0.05) is 41.4 Å². The van der Waals surface area contributed by atoms with Gasteiger partial charge in [0, 0.05) is 15.6 Å². The van der Waals surface area contributed by atoms with Gasteiger partial charge in [-0.15, -0.1) is 0 Å². The summed E-state index contributed by atoms with van der Waals surface area (Å²) in [5.41, 5.74) is 0.425. The van der Waals surface area contributed by atoms with Crippen molar-refractivity contribution in [1.29, 1.82) is 0 Å². The zero-order valence-corrected chi connectivity index (χ0v) is 11.6. The molecule has 0 saturated heterocycles. The summed E-state index contributed by atoms with van der Waals surface area (Å²) in [7, 11) is -3.45. The number of hydrogen-bond acceptors (Lipinski definition) is 2. The molecule has 93 valence electrons. The van der Waals surface area contributed by atoms with Crippen LogP contribution in [0.5, 0.6) is 0 Å². The van der Waals surface area contributed by atoms with Crippen molar-refractivity contribution in [2.24, 2.45) is 0 Å². The normalized spacial score (nSPS) is 11.4. The Morgan fingerprint density at radius 2 is 1.56 bits per heavy atom. The molecule has 0 amide bonds. The molecule has 0 bridgehead atoms. The molecule has 2 aromatic carbocycles. The van der Waals surface area contributed by atoms with Crippen molar-refractivity contribution in [3.63, 3.8) is 0 Å². The first-order valence-corrected chi connectivity index (χ1v) is 7.53. The predicted octanol–water partition coefficient (Wildman–Crippen LogP) is 3.77. The smallest absolute Gasteiger partial charge is 0.182 e. The Morgan fingerprint density at radius 3 is 2.11 bits per heavy atom. The van der Waals surface area contributed by atoms with E-state index in [0.717, 1.165) is 0 Å². The molecule has 0 aliphatic carbocycles. The second kappa shape index (κ2) is 5.31. The van der Waals surface area contributed by atoms with E-state index in [4.69, 9.17) is 23.2 Å². The van der Waals surface area contributed by atoms with Gasteiger partial charge in [0.05, 0.1) is 10.6 Å². The number of hydrogen-bond donors (Lipinski definition) is 0. The standard InChI is InChI=1S/C13H9Cl2O2S/c14-12-7-4-8-13(15)11(12)9-18(16,17)10-5-2-1-3-6-10/h2-8H,9H2. The first kappa shape index (κ1) is 13.4. The number of sulfone groups is 1. The van der Waals surface area contributed by atoms with Crippen LogP contribution in [0.25, 0.3) is 0 Å². The van der Waals surface area contributed by atoms with E-state index in [1.54, 1.807) is 30.3 Å². The second-order valence-corrected chi connectivity index (χ2v) is 6.50. The Morgan fingerprint density at radius 1 is 1.00 bits per heavy atom. The summed E-state index contributed by atoms with van der Waals surface area (Å²) in [6.45, 7) is 0. The minimum absolute atomic E-state index is 0.213. The lowest BCUT2D eigenvalue weighted by molar-refractivity contribution is 0.595. The quantitative estimate of drug-likeness (QED) is 0.864. The van der Waals surface area contributed by atoms with E-state index in [-0.39, 0.29) is 10.6 Å². The van der Waals surface area contributed by atoms with Gasteiger partial charge in [-0.3, -0.25) is 0 Å². The summed E-state index contributed by atoms with van der Waals surface area (Å²) >= 11 is 11.9. The van der Waals surface area contributed by atoms with Gasteiger partial charge in [-0.25, -0.2) is 8.42 Å². The highest BCUT2D eigenvalue weighted by Gasteiger charge is 2.18. The van der Waals surface area contributed by atoms with Crippen LogP contribution in [-0.4, -0.2) is 8.42 Å². The van der Waals surface area contributed by atoms with E-state index in [1.807, 2.05) is 0 Å². The summed E-state index contributed by atoms with van der Waals surface area (Å²) in [5.74, 6) is -0.213. The molecule has 5 heteroatoms. The molecular weight excluding hydrogens is 291 g/mol. The van der Waals surface area contributed by atoms with Gasteiger partial charge in [0.2, 0.25) is 0 Å². The number of benzene rings is 2. The van der Waals surface area contributed by atoms with E-state index in [9.17, 15) is 8.42 Å². The van der Waals surface area contributed by atoms with Gasteiger partial charge in [0.25, 0.3) is 0 Å². The van der Waals surface area contributed by atoms with E-state index in [1.165, 1.54) is 12.1 Å². The summed E-state index contributed by atoms with van der Waals surface area (Å²) in [5, 5.41) is 0.710. The third-order valence-electron chi connectivity index (χ3n) is 2.44. The first-order chi connectivity index (χ1) is 8.50. The molecule has 18 heavy (non-hydrogen) atoms. The summed E-state index contributed by atoms with van der Waals surface area (Å²) in [6, 6.07) is 13.8. The molecule has 0 atom stereocenters. The Bertz CT molecular complexity index is 632. The van der Waals surface area contributed by atoms with Crippen molar-refractivity contribution < 1.29 is 8.42 Å². The molecular formula is C13H9Cl2O2S. The Kier molecular flexibility index (Phi) is 3.95. The number of halogens is 2. The van der Waals surface area contributed by atoms with E-state index in [2.05, 4.69) is 6.07 Å². The first-order valence-electron chi connectivity index (χ1n) is 5.12. The summed E-state index contributed by atoms with van der Waals surface area (Å²) in [4.78, 5) is 0.234. The monoisotopic (exact) mass is 299 g/mol. The van der Waals surface area contributed by atoms with Crippen molar-refractivity contribution in [2.45, 2.75) is 10.6 Å². The molecule has 0 aromatic heterocycles. The van der Waals surface area contributed by atoms with Crippen LogP contribution in [0, 0.1) is 6.07 Å². The summed E-state index contributed by atoms with van der Waals surface area (Å²) < 4.78 is 24.3. The molecule has 1 radical (unpaired) electrons. The lowest BCUT2D eigenvalue weighted by Crippen LogP contribution is -2.05. The van der Waals surface area contributed by atoms with Crippen molar-refractivity contribution in [3.05, 3.63) is 64.1 Å². The van der Waals surface area contributed by atoms with Crippen LogP contribution in [0.3, 0.4) is 0 Å². The molecule has 0 N–H and O–H groups in total.